The van der Waals surface area contributed by atoms with Gasteiger partial charge in [0.2, 0.25) is 10.0 Å². The van der Waals surface area contributed by atoms with Crippen LogP contribution in [0.4, 0.5) is 5.69 Å². The van der Waals surface area contributed by atoms with E-state index in [1.807, 2.05) is 6.07 Å². The molecule has 0 amide bonds. The molecule has 1 rings (SSSR count). The largest absolute Gasteiger partial charge is 0.283 e. The Morgan fingerprint density at radius 3 is 2.53 bits per heavy atom. The molecule has 0 radical (unpaired) electrons. The summed E-state index contributed by atoms with van der Waals surface area (Å²) < 4.78 is 25.4. The van der Waals surface area contributed by atoms with Crippen molar-refractivity contribution < 1.29 is 8.42 Å². The van der Waals surface area contributed by atoms with Crippen molar-refractivity contribution in [3.05, 3.63) is 49.1 Å². The minimum absolute atomic E-state index is 0.0987. The van der Waals surface area contributed by atoms with Gasteiger partial charge < -0.3 is 0 Å². The van der Waals surface area contributed by atoms with Gasteiger partial charge >= 0.3 is 0 Å². The average Bonchev–Trinajstić information content (AvgIpc) is 2.17. The number of anilines is 1. The topological polar surface area (TPSA) is 46.2 Å². The molecule has 0 atom stereocenters. The standard InChI is InChI=1S/C11H13NO2S/c1-3-9-15(13,14)12-11-8-6-5-7-10(11)4-2/h3-8,12H,1-2,9H2. The highest BCUT2D eigenvalue weighted by Crippen LogP contribution is 2.17. The van der Waals surface area contributed by atoms with Crippen LogP contribution < -0.4 is 4.72 Å². The summed E-state index contributed by atoms with van der Waals surface area (Å²) in [5.41, 5.74) is 1.29. The zero-order valence-electron chi connectivity index (χ0n) is 8.31. The van der Waals surface area contributed by atoms with E-state index >= 15 is 0 Å². The molecule has 0 saturated heterocycles. The third-order valence-corrected chi connectivity index (χ3v) is 2.99. The Morgan fingerprint density at radius 2 is 1.93 bits per heavy atom. The van der Waals surface area contributed by atoms with Gasteiger partial charge in [-0.15, -0.1) is 6.58 Å². The Kier molecular flexibility index (Phi) is 3.68. The fraction of sp³-hybridized carbons (Fsp3) is 0.0909. The van der Waals surface area contributed by atoms with Crippen molar-refractivity contribution in [3.8, 4) is 0 Å². The Morgan fingerprint density at radius 1 is 1.27 bits per heavy atom. The smallest absolute Gasteiger partial charge is 0.236 e. The zero-order chi connectivity index (χ0) is 11.3. The quantitative estimate of drug-likeness (QED) is 0.778. The maximum atomic E-state index is 11.5. The Hall–Kier alpha value is -1.55. The van der Waals surface area contributed by atoms with Gasteiger partial charge in [-0.05, 0) is 11.6 Å². The molecule has 0 fully saturated rings. The molecule has 0 spiro atoms. The second-order valence-electron chi connectivity index (χ2n) is 2.96. The third kappa shape index (κ3) is 3.25. The van der Waals surface area contributed by atoms with Gasteiger partial charge in [-0.3, -0.25) is 4.72 Å². The van der Waals surface area contributed by atoms with Crippen LogP contribution in [0.2, 0.25) is 0 Å². The molecule has 0 aliphatic rings. The number of rotatable bonds is 5. The summed E-state index contributed by atoms with van der Waals surface area (Å²) in [7, 11) is -3.33. The highest BCUT2D eigenvalue weighted by Gasteiger charge is 2.08. The van der Waals surface area contributed by atoms with Crippen LogP contribution in [0.15, 0.2) is 43.5 Å². The van der Waals surface area contributed by atoms with Gasteiger partial charge in [-0.2, -0.15) is 0 Å². The molecule has 15 heavy (non-hydrogen) atoms. The lowest BCUT2D eigenvalue weighted by Gasteiger charge is -2.08. The lowest BCUT2D eigenvalue weighted by atomic mass is 10.2. The predicted octanol–water partition coefficient (Wildman–Crippen LogP) is 2.26. The van der Waals surface area contributed by atoms with Crippen LogP contribution in [0.25, 0.3) is 6.08 Å². The first-order valence-corrected chi connectivity index (χ1v) is 6.07. The van der Waals surface area contributed by atoms with Gasteiger partial charge in [-0.25, -0.2) is 8.42 Å². The monoisotopic (exact) mass is 223 g/mol. The van der Waals surface area contributed by atoms with Crippen molar-refractivity contribution in [1.82, 2.24) is 0 Å². The van der Waals surface area contributed by atoms with Gasteiger partial charge in [0, 0.05) is 0 Å². The molecule has 4 heteroatoms. The Labute approximate surface area is 90.2 Å². The second kappa shape index (κ2) is 4.79. The lowest BCUT2D eigenvalue weighted by Crippen LogP contribution is -2.15. The number of para-hydroxylation sites is 1. The van der Waals surface area contributed by atoms with E-state index in [-0.39, 0.29) is 5.75 Å². The second-order valence-corrected chi connectivity index (χ2v) is 4.73. The summed E-state index contributed by atoms with van der Waals surface area (Å²) in [5, 5.41) is 0. The molecule has 0 aliphatic carbocycles. The maximum Gasteiger partial charge on any atom is 0.236 e. The fourth-order valence-electron chi connectivity index (χ4n) is 1.13. The minimum atomic E-state index is -3.33. The van der Waals surface area contributed by atoms with Crippen molar-refractivity contribution in [2.24, 2.45) is 0 Å². The van der Waals surface area contributed by atoms with Crippen LogP contribution in [-0.4, -0.2) is 14.2 Å². The van der Waals surface area contributed by atoms with E-state index in [4.69, 9.17) is 0 Å². The molecule has 3 nitrogen and oxygen atoms in total. The van der Waals surface area contributed by atoms with Crippen molar-refractivity contribution in [3.63, 3.8) is 0 Å². The molecule has 1 aromatic rings. The SMILES string of the molecule is C=CCS(=O)(=O)Nc1ccccc1C=C. The van der Waals surface area contributed by atoms with Crippen LogP contribution >= 0.6 is 0 Å². The van der Waals surface area contributed by atoms with Crippen LogP contribution in [0.5, 0.6) is 0 Å². The average molecular weight is 223 g/mol. The van der Waals surface area contributed by atoms with Crippen LogP contribution in [0.3, 0.4) is 0 Å². The molecular formula is C11H13NO2S. The lowest BCUT2D eigenvalue weighted by molar-refractivity contribution is 0.604. The molecule has 0 aliphatic heterocycles. The molecular weight excluding hydrogens is 210 g/mol. The molecule has 0 saturated carbocycles. The van der Waals surface area contributed by atoms with Crippen molar-refractivity contribution in [2.45, 2.75) is 0 Å². The summed E-state index contributed by atoms with van der Waals surface area (Å²) in [4.78, 5) is 0. The van der Waals surface area contributed by atoms with Crippen molar-refractivity contribution >= 4 is 21.8 Å². The Bertz CT molecular complexity index is 463. The van der Waals surface area contributed by atoms with Gasteiger partial charge in [0.1, 0.15) is 0 Å². The molecule has 80 valence electrons. The summed E-state index contributed by atoms with van der Waals surface area (Å²) in [6.07, 6.45) is 2.95. The van der Waals surface area contributed by atoms with E-state index in [2.05, 4.69) is 17.9 Å². The molecule has 0 bridgehead atoms. The highest BCUT2D eigenvalue weighted by molar-refractivity contribution is 7.92. The van der Waals surface area contributed by atoms with E-state index < -0.39 is 10.0 Å². The molecule has 1 aromatic carbocycles. The van der Waals surface area contributed by atoms with Gasteiger partial charge in [-0.1, -0.05) is 36.9 Å². The van der Waals surface area contributed by atoms with E-state index in [9.17, 15) is 8.42 Å². The molecule has 0 aromatic heterocycles. The highest BCUT2D eigenvalue weighted by atomic mass is 32.2. The summed E-state index contributed by atoms with van der Waals surface area (Å²) in [6, 6.07) is 7.07. The zero-order valence-corrected chi connectivity index (χ0v) is 9.13. The normalized spacial score (nSPS) is 10.7. The first-order valence-electron chi connectivity index (χ1n) is 4.42. The third-order valence-electron chi connectivity index (χ3n) is 1.78. The van der Waals surface area contributed by atoms with Gasteiger partial charge in [0.05, 0.1) is 11.4 Å². The van der Waals surface area contributed by atoms with E-state index in [0.29, 0.717) is 5.69 Å². The van der Waals surface area contributed by atoms with E-state index in [1.54, 1.807) is 24.3 Å². The van der Waals surface area contributed by atoms with Crippen LogP contribution in [-0.2, 0) is 10.0 Å². The van der Waals surface area contributed by atoms with Gasteiger partial charge in [0.25, 0.3) is 0 Å². The first-order chi connectivity index (χ1) is 7.09. The van der Waals surface area contributed by atoms with Crippen LogP contribution in [0.1, 0.15) is 5.56 Å². The number of benzene rings is 1. The predicted molar refractivity (Wildman–Crippen MR) is 64.1 cm³/mol. The van der Waals surface area contributed by atoms with Crippen LogP contribution in [0, 0.1) is 0 Å². The summed E-state index contributed by atoms with van der Waals surface area (Å²) >= 11 is 0. The number of nitrogens with one attached hydrogen (secondary N) is 1. The van der Waals surface area contributed by atoms with Crippen molar-refractivity contribution in [1.29, 1.82) is 0 Å². The molecule has 1 N–H and O–H groups in total. The summed E-state index contributed by atoms with van der Waals surface area (Å²) in [6.45, 7) is 7.00. The van der Waals surface area contributed by atoms with Crippen molar-refractivity contribution in [2.75, 3.05) is 10.5 Å². The first kappa shape index (κ1) is 11.5. The maximum absolute atomic E-state index is 11.5. The molecule has 0 heterocycles. The number of hydrogen-bond acceptors (Lipinski definition) is 2. The molecule has 0 unspecified atom stereocenters. The number of sulfonamides is 1. The fourth-order valence-corrected chi connectivity index (χ4v) is 2.05. The minimum Gasteiger partial charge on any atom is -0.283 e. The van der Waals surface area contributed by atoms with E-state index in [0.717, 1.165) is 5.56 Å². The Balaban J connectivity index is 2.99. The van der Waals surface area contributed by atoms with Gasteiger partial charge in [0.15, 0.2) is 0 Å². The summed E-state index contributed by atoms with van der Waals surface area (Å²) in [5.74, 6) is -0.0987. The van der Waals surface area contributed by atoms with E-state index in [1.165, 1.54) is 6.08 Å². The number of hydrogen-bond donors (Lipinski definition) is 1.